The summed E-state index contributed by atoms with van der Waals surface area (Å²) in [6.45, 7) is 2.26. The normalized spacial score (nSPS) is 23.3. The van der Waals surface area contributed by atoms with E-state index < -0.39 is 7.12 Å². The van der Waals surface area contributed by atoms with Crippen LogP contribution in [0.3, 0.4) is 0 Å². The third-order valence-electron chi connectivity index (χ3n) is 4.49. The molecule has 1 aliphatic rings. The number of hydrogen-bond acceptors (Lipinski definition) is 2. The Hall–Kier alpha value is -0.795. The number of unbranched alkanes of at least 4 members (excludes halogenated alkanes) is 1. The topological polar surface area (TPSA) is 40.5 Å². The molecule has 104 valence electrons. The summed E-state index contributed by atoms with van der Waals surface area (Å²) < 4.78 is 0. The fraction of sp³-hybridized carbons (Fsp3) is 0.625. The van der Waals surface area contributed by atoms with E-state index in [4.69, 9.17) is 0 Å². The smallest absolute Gasteiger partial charge is 0.423 e. The zero-order valence-corrected chi connectivity index (χ0v) is 11.9. The molecule has 3 heteroatoms. The van der Waals surface area contributed by atoms with E-state index >= 15 is 0 Å². The molecule has 0 amide bonds. The van der Waals surface area contributed by atoms with Gasteiger partial charge in [-0.1, -0.05) is 50.5 Å². The highest BCUT2D eigenvalue weighted by Gasteiger charge is 2.22. The molecule has 1 aliphatic carbocycles. The average Bonchev–Trinajstić information content (AvgIpc) is 2.46. The molecule has 2 nitrogen and oxygen atoms in total. The quantitative estimate of drug-likeness (QED) is 0.799. The van der Waals surface area contributed by atoms with E-state index in [-0.39, 0.29) is 0 Å². The van der Waals surface area contributed by atoms with Gasteiger partial charge in [0.05, 0.1) is 0 Å². The van der Waals surface area contributed by atoms with Crippen LogP contribution in [0.15, 0.2) is 24.3 Å². The summed E-state index contributed by atoms with van der Waals surface area (Å²) in [5, 5.41) is 18.5. The third-order valence-corrected chi connectivity index (χ3v) is 4.49. The summed E-state index contributed by atoms with van der Waals surface area (Å²) in [5.41, 5.74) is 1.89. The summed E-state index contributed by atoms with van der Waals surface area (Å²) in [7, 11) is -1.35. The van der Waals surface area contributed by atoms with Gasteiger partial charge in [0, 0.05) is 0 Å². The average molecular weight is 260 g/mol. The lowest BCUT2D eigenvalue weighted by atomic mass is 9.74. The minimum Gasteiger partial charge on any atom is -0.423 e. The molecule has 0 saturated heterocycles. The maximum Gasteiger partial charge on any atom is 0.488 e. The molecule has 0 radical (unpaired) electrons. The van der Waals surface area contributed by atoms with Crippen molar-refractivity contribution >= 4 is 12.6 Å². The highest BCUT2D eigenvalue weighted by molar-refractivity contribution is 6.58. The van der Waals surface area contributed by atoms with Crippen LogP contribution in [0.5, 0.6) is 0 Å². The van der Waals surface area contributed by atoms with E-state index in [1.54, 1.807) is 6.07 Å². The Balaban J connectivity index is 1.92. The van der Waals surface area contributed by atoms with Crippen molar-refractivity contribution in [3.63, 3.8) is 0 Å². The van der Waals surface area contributed by atoms with Crippen LogP contribution in [0.25, 0.3) is 0 Å². The lowest BCUT2D eigenvalue weighted by Crippen LogP contribution is -2.30. The summed E-state index contributed by atoms with van der Waals surface area (Å²) in [4.78, 5) is 0. The second-order valence-electron chi connectivity index (χ2n) is 5.90. The number of benzene rings is 1. The summed E-state index contributed by atoms with van der Waals surface area (Å²) in [6.07, 6.45) is 9.21. The lowest BCUT2D eigenvalue weighted by Gasteiger charge is -2.29. The molecule has 0 aliphatic heterocycles. The van der Waals surface area contributed by atoms with Crippen LogP contribution >= 0.6 is 0 Å². The molecule has 19 heavy (non-hydrogen) atoms. The molecular weight excluding hydrogens is 235 g/mol. The van der Waals surface area contributed by atoms with Gasteiger partial charge in [-0.15, -0.1) is 0 Å². The molecule has 2 N–H and O–H groups in total. The number of rotatable bonds is 5. The maximum absolute atomic E-state index is 9.24. The standard InChI is InChI=1S/C16H25BO2/c1-2-3-5-13-8-10-14(11-9-13)15-6-4-7-16(12-15)17(18)19/h4,6-7,12-14,18-19H,2-3,5,8-11H2,1H3/t13-,14-. The Bertz CT molecular complexity index is 384. The zero-order valence-electron chi connectivity index (χ0n) is 11.9. The first-order valence-corrected chi connectivity index (χ1v) is 7.66. The second-order valence-corrected chi connectivity index (χ2v) is 5.90. The van der Waals surface area contributed by atoms with E-state index in [0.717, 1.165) is 5.92 Å². The Morgan fingerprint density at radius 2 is 1.89 bits per heavy atom. The number of hydrogen-bond donors (Lipinski definition) is 2. The van der Waals surface area contributed by atoms with Gasteiger partial charge >= 0.3 is 7.12 Å². The molecular formula is C16H25BO2. The predicted molar refractivity (Wildman–Crippen MR) is 80.5 cm³/mol. The molecule has 0 spiro atoms. The molecule has 0 unspecified atom stereocenters. The van der Waals surface area contributed by atoms with E-state index in [2.05, 4.69) is 13.0 Å². The van der Waals surface area contributed by atoms with Crippen LogP contribution in [0.1, 0.15) is 63.4 Å². The van der Waals surface area contributed by atoms with Crippen LogP contribution in [-0.4, -0.2) is 17.2 Å². The monoisotopic (exact) mass is 260 g/mol. The third kappa shape index (κ3) is 4.08. The van der Waals surface area contributed by atoms with Crippen molar-refractivity contribution in [2.75, 3.05) is 0 Å². The Kier molecular flexibility index (Phi) is 5.47. The van der Waals surface area contributed by atoms with Gasteiger partial charge in [0.1, 0.15) is 0 Å². The van der Waals surface area contributed by atoms with E-state index in [9.17, 15) is 10.0 Å². The molecule has 1 aromatic rings. The Labute approximate surface area is 117 Å². The molecule has 0 aromatic heterocycles. The Morgan fingerprint density at radius 3 is 2.53 bits per heavy atom. The first-order chi connectivity index (χ1) is 9.20. The van der Waals surface area contributed by atoms with E-state index in [1.807, 2.05) is 12.1 Å². The zero-order chi connectivity index (χ0) is 13.7. The SMILES string of the molecule is CCCC[C@H]1CC[C@H](c2cccc(B(O)O)c2)CC1. The summed E-state index contributed by atoms with van der Waals surface area (Å²) in [6, 6.07) is 7.80. The molecule has 0 heterocycles. The maximum atomic E-state index is 9.24. The van der Waals surface area contributed by atoms with Gasteiger partial charge in [-0.25, -0.2) is 0 Å². The summed E-state index contributed by atoms with van der Waals surface area (Å²) >= 11 is 0. The molecule has 2 rings (SSSR count). The van der Waals surface area contributed by atoms with Crippen LogP contribution in [0.2, 0.25) is 0 Å². The van der Waals surface area contributed by atoms with Gasteiger partial charge in [0.15, 0.2) is 0 Å². The van der Waals surface area contributed by atoms with Crippen molar-refractivity contribution in [1.82, 2.24) is 0 Å². The minimum absolute atomic E-state index is 0.608. The molecule has 1 fully saturated rings. The molecule has 1 aromatic carbocycles. The van der Waals surface area contributed by atoms with Gasteiger partial charge in [0.2, 0.25) is 0 Å². The van der Waals surface area contributed by atoms with Crippen LogP contribution in [-0.2, 0) is 0 Å². The van der Waals surface area contributed by atoms with Crippen molar-refractivity contribution in [3.05, 3.63) is 29.8 Å². The fourth-order valence-corrected chi connectivity index (χ4v) is 3.25. The van der Waals surface area contributed by atoms with Gasteiger partial charge in [-0.3, -0.25) is 0 Å². The highest BCUT2D eigenvalue weighted by atomic mass is 16.4. The fourth-order valence-electron chi connectivity index (χ4n) is 3.25. The van der Waals surface area contributed by atoms with Crippen LogP contribution < -0.4 is 5.46 Å². The minimum atomic E-state index is -1.35. The van der Waals surface area contributed by atoms with Gasteiger partial charge in [-0.05, 0) is 48.5 Å². The van der Waals surface area contributed by atoms with Gasteiger partial charge in [-0.2, -0.15) is 0 Å². The van der Waals surface area contributed by atoms with Crippen LogP contribution in [0, 0.1) is 5.92 Å². The van der Waals surface area contributed by atoms with Crippen molar-refractivity contribution in [2.24, 2.45) is 5.92 Å². The lowest BCUT2D eigenvalue weighted by molar-refractivity contribution is 0.304. The van der Waals surface area contributed by atoms with Crippen molar-refractivity contribution in [1.29, 1.82) is 0 Å². The second kappa shape index (κ2) is 7.11. The molecule has 0 atom stereocenters. The predicted octanol–water partition coefficient (Wildman–Crippen LogP) is 2.83. The van der Waals surface area contributed by atoms with Crippen molar-refractivity contribution in [2.45, 2.75) is 57.8 Å². The first kappa shape index (κ1) is 14.6. The highest BCUT2D eigenvalue weighted by Crippen LogP contribution is 2.37. The van der Waals surface area contributed by atoms with Crippen LogP contribution in [0.4, 0.5) is 0 Å². The Morgan fingerprint density at radius 1 is 1.16 bits per heavy atom. The first-order valence-electron chi connectivity index (χ1n) is 7.66. The van der Waals surface area contributed by atoms with E-state index in [1.165, 1.54) is 50.5 Å². The van der Waals surface area contributed by atoms with Gasteiger partial charge < -0.3 is 10.0 Å². The van der Waals surface area contributed by atoms with Gasteiger partial charge in [0.25, 0.3) is 0 Å². The largest absolute Gasteiger partial charge is 0.488 e. The molecule has 0 bridgehead atoms. The van der Waals surface area contributed by atoms with Crippen molar-refractivity contribution in [3.8, 4) is 0 Å². The van der Waals surface area contributed by atoms with E-state index in [0.29, 0.717) is 11.4 Å². The molecule has 1 saturated carbocycles. The van der Waals surface area contributed by atoms with Crippen molar-refractivity contribution < 1.29 is 10.0 Å². The summed E-state index contributed by atoms with van der Waals surface area (Å²) in [5.74, 6) is 1.53.